The Hall–Kier alpha value is -3.16. The van der Waals surface area contributed by atoms with Crippen LogP contribution in [0.4, 0.5) is 0 Å². The number of rotatable bonds is 3. The van der Waals surface area contributed by atoms with Crippen LogP contribution in [0.5, 0.6) is 5.75 Å². The molecular weight excluding hydrogens is 276 g/mol. The Labute approximate surface area is 118 Å². The van der Waals surface area contributed by atoms with Crippen molar-refractivity contribution in [3.8, 4) is 5.75 Å². The topological polar surface area (TPSA) is 127 Å². The lowest BCUT2D eigenvalue weighted by atomic mass is 10.1. The van der Waals surface area contributed by atoms with Gasteiger partial charge in [0.25, 0.3) is 11.5 Å². The van der Waals surface area contributed by atoms with Crippen LogP contribution in [-0.4, -0.2) is 26.7 Å². The van der Waals surface area contributed by atoms with Crippen molar-refractivity contribution in [2.24, 2.45) is 5.10 Å². The Morgan fingerprint density at radius 3 is 2.52 bits per heavy atom. The molecule has 2 rings (SSSR count). The van der Waals surface area contributed by atoms with Crippen LogP contribution in [0.3, 0.4) is 0 Å². The highest BCUT2D eigenvalue weighted by Crippen LogP contribution is 2.10. The number of phenols is 1. The molecule has 21 heavy (non-hydrogen) atoms. The summed E-state index contributed by atoms with van der Waals surface area (Å²) in [4.78, 5) is 38.2. The number of phenolic OH excluding ortho intramolecular Hbond substituents is 1. The molecule has 0 spiro atoms. The summed E-state index contributed by atoms with van der Waals surface area (Å²) in [7, 11) is 0. The third kappa shape index (κ3) is 3.44. The first-order valence-electron chi connectivity index (χ1n) is 5.93. The zero-order valence-corrected chi connectivity index (χ0v) is 11.0. The van der Waals surface area contributed by atoms with E-state index in [-0.39, 0.29) is 11.3 Å². The molecule has 1 aromatic carbocycles. The second kappa shape index (κ2) is 5.87. The van der Waals surface area contributed by atoms with E-state index in [1.165, 1.54) is 12.1 Å². The first-order valence-corrected chi connectivity index (χ1v) is 5.93. The highest BCUT2D eigenvalue weighted by Gasteiger charge is 2.10. The molecule has 0 saturated heterocycles. The monoisotopic (exact) mass is 288 g/mol. The van der Waals surface area contributed by atoms with E-state index in [4.69, 9.17) is 0 Å². The maximum Gasteiger partial charge on any atom is 0.325 e. The predicted molar refractivity (Wildman–Crippen MR) is 75.5 cm³/mol. The fraction of sp³-hybridized carbons (Fsp3) is 0.0769. The summed E-state index contributed by atoms with van der Waals surface area (Å²) in [6, 6.07) is 6.24. The molecule has 1 heterocycles. The molecule has 0 aliphatic rings. The van der Waals surface area contributed by atoms with Crippen LogP contribution in [-0.2, 0) is 0 Å². The lowest BCUT2D eigenvalue weighted by Crippen LogP contribution is -2.31. The fourth-order valence-electron chi connectivity index (χ4n) is 1.54. The van der Waals surface area contributed by atoms with Gasteiger partial charge in [0.05, 0.1) is 5.71 Å². The molecule has 4 N–H and O–H groups in total. The maximum absolute atomic E-state index is 11.8. The molecule has 1 amide bonds. The van der Waals surface area contributed by atoms with Gasteiger partial charge in [0.1, 0.15) is 11.3 Å². The van der Waals surface area contributed by atoms with E-state index in [1.54, 1.807) is 19.1 Å². The molecule has 0 aliphatic heterocycles. The number of benzene rings is 1. The van der Waals surface area contributed by atoms with Crippen molar-refractivity contribution in [1.29, 1.82) is 0 Å². The van der Waals surface area contributed by atoms with E-state index < -0.39 is 17.2 Å². The second-order valence-electron chi connectivity index (χ2n) is 4.17. The van der Waals surface area contributed by atoms with Gasteiger partial charge in [-0.1, -0.05) is 0 Å². The van der Waals surface area contributed by atoms with Gasteiger partial charge in [0, 0.05) is 6.20 Å². The summed E-state index contributed by atoms with van der Waals surface area (Å²) >= 11 is 0. The summed E-state index contributed by atoms with van der Waals surface area (Å²) in [6.45, 7) is 1.66. The van der Waals surface area contributed by atoms with Gasteiger partial charge in [-0.15, -0.1) is 0 Å². The number of aromatic nitrogens is 2. The Kier molecular flexibility index (Phi) is 3.98. The zero-order chi connectivity index (χ0) is 15.4. The second-order valence-corrected chi connectivity index (χ2v) is 4.17. The van der Waals surface area contributed by atoms with E-state index in [9.17, 15) is 19.5 Å². The third-order valence-electron chi connectivity index (χ3n) is 2.67. The molecule has 2 aromatic rings. The van der Waals surface area contributed by atoms with Crippen molar-refractivity contribution >= 4 is 11.6 Å². The van der Waals surface area contributed by atoms with Crippen LogP contribution in [0, 0.1) is 0 Å². The highest BCUT2D eigenvalue weighted by atomic mass is 16.3. The van der Waals surface area contributed by atoms with Gasteiger partial charge in [-0.25, -0.2) is 10.2 Å². The first-order chi connectivity index (χ1) is 9.97. The predicted octanol–water partition coefficient (Wildman–Crippen LogP) is -0.0772. The standard InChI is InChI=1S/C13H12N4O4/c1-7(8-2-4-9(18)5-3-8)16-17-12(20)10-6-14-13(21)15-11(10)19/h2-6,18H,1H3,(H,17,20)(H2,14,15,19,21)/b16-7+. The zero-order valence-electron chi connectivity index (χ0n) is 11.0. The van der Waals surface area contributed by atoms with E-state index in [2.05, 4.69) is 15.5 Å². The number of carbonyl (C=O) groups is 1. The number of aromatic hydroxyl groups is 1. The number of hydrogen-bond donors (Lipinski definition) is 4. The molecule has 1 aromatic heterocycles. The highest BCUT2D eigenvalue weighted by molar-refractivity contribution is 6.00. The minimum atomic E-state index is -0.797. The van der Waals surface area contributed by atoms with Gasteiger partial charge < -0.3 is 10.1 Å². The quantitative estimate of drug-likeness (QED) is 0.465. The summed E-state index contributed by atoms with van der Waals surface area (Å²) in [5.41, 5.74) is 1.66. The Morgan fingerprint density at radius 1 is 1.24 bits per heavy atom. The average molecular weight is 288 g/mol. The number of nitrogens with one attached hydrogen (secondary N) is 3. The van der Waals surface area contributed by atoms with E-state index in [0.717, 1.165) is 6.20 Å². The average Bonchev–Trinajstić information content (AvgIpc) is 2.45. The Bertz CT molecular complexity index is 802. The van der Waals surface area contributed by atoms with Gasteiger partial charge in [0.2, 0.25) is 0 Å². The van der Waals surface area contributed by atoms with Crippen molar-refractivity contribution in [3.05, 3.63) is 62.4 Å². The van der Waals surface area contributed by atoms with Gasteiger partial charge in [0.15, 0.2) is 0 Å². The lowest BCUT2D eigenvalue weighted by Gasteiger charge is -2.02. The number of amides is 1. The number of hydrogen-bond acceptors (Lipinski definition) is 5. The van der Waals surface area contributed by atoms with Crippen molar-refractivity contribution < 1.29 is 9.90 Å². The largest absolute Gasteiger partial charge is 0.508 e. The smallest absolute Gasteiger partial charge is 0.325 e. The minimum absolute atomic E-state index is 0.121. The number of carbonyl (C=O) groups excluding carboxylic acids is 1. The number of aromatic amines is 2. The number of nitrogens with zero attached hydrogens (tertiary/aromatic N) is 1. The maximum atomic E-state index is 11.8. The van der Waals surface area contributed by atoms with Gasteiger partial charge in [-0.05, 0) is 36.8 Å². The molecule has 0 atom stereocenters. The number of H-pyrrole nitrogens is 2. The Morgan fingerprint density at radius 2 is 1.90 bits per heavy atom. The summed E-state index contributed by atoms with van der Waals surface area (Å²) in [5.74, 6) is -0.624. The summed E-state index contributed by atoms with van der Waals surface area (Å²) in [5, 5.41) is 13.0. The molecule has 0 unspecified atom stereocenters. The van der Waals surface area contributed by atoms with Gasteiger partial charge in [-0.2, -0.15) is 5.10 Å². The van der Waals surface area contributed by atoms with Crippen molar-refractivity contribution in [2.45, 2.75) is 6.92 Å². The van der Waals surface area contributed by atoms with E-state index >= 15 is 0 Å². The molecule has 0 saturated carbocycles. The normalized spacial score (nSPS) is 11.2. The van der Waals surface area contributed by atoms with Crippen LogP contribution >= 0.6 is 0 Å². The number of hydrazone groups is 1. The minimum Gasteiger partial charge on any atom is -0.508 e. The summed E-state index contributed by atoms with van der Waals surface area (Å²) < 4.78 is 0. The van der Waals surface area contributed by atoms with Crippen LogP contribution in [0.2, 0.25) is 0 Å². The Balaban J connectivity index is 2.16. The van der Waals surface area contributed by atoms with Gasteiger partial charge in [-0.3, -0.25) is 14.6 Å². The molecular formula is C13H12N4O4. The van der Waals surface area contributed by atoms with Crippen molar-refractivity contribution in [3.63, 3.8) is 0 Å². The summed E-state index contributed by atoms with van der Waals surface area (Å²) in [6.07, 6.45) is 1.02. The molecule has 0 radical (unpaired) electrons. The van der Waals surface area contributed by atoms with Crippen LogP contribution in [0.15, 0.2) is 45.2 Å². The first kappa shape index (κ1) is 14.3. The SMILES string of the molecule is C/C(=N\NC(=O)c1c[nH]c(=O)[nH]c1=O)c1ccc(O)cc1. The molecule has 8 heteroatoms. The van der Waals surface area contributed by atoms with E-state index in [1.807, 2.05) is 4.98 Å². The molecule has 108 valence electrons. The molecule has 0 aliphatic carbocycles. The fourth-order valence-corrected chi connectivity index (χ4v) is 1.54. The van der Waals surface area contributed by atoms with Crippen LogP contribution in [0.25, 0.3) is 0 Å². The van der Waals surface area contributed by atoms with Gasteiger partial charge >= 0.3 is 5.69 Å². The molecule has 0 fully saturated rings. The van der Waals surface area contributed by atoms with Crippen molar-refractivity contribution in [1.82, 2.24) is 15.4 Å². The van der Waals surface area contributed by atoms with Crippen LogP contribution < -0.4 is 16.7 Å². The van der Waals surface area contributed by atoms with E-state index in [0.29, 0.717) is 11.3 Å². The molecule has 8 nitrogen and oxygen atoms in total. The third-order valence-corrected chi connectivity index (χ3v) is 2.67. The van der Waals surface area contributed by atoms with Crippen LogP contribution in [0.1, 0.15) is 22.8 Å². The molecule has 0 bridgehead atoms. The lowest BCUT2D eigenvalue weighted by molar-refractivity contribution is 0.0953. The van der Waals surface area contributed by atoms with Crippen molar-refractivity contribution in [2.75, 3.05) is 0 Å².